The average molecular weight is 434 g/mol. The number of halogens is 1. The predicted molar refractivity (Wildman–Crippen MR) is 110 cm³/mol. The van der Waals surface area contributed by atoms with Crippen LogP contribution in [0.2, 0.25) is 0 Å². The van der Waals surface area contributed by atoms with E-state index in [9.17, 15) is 17.6 Å². The quantitative estimate of drug-likeness (QED) is 0.737. The molecule has 4 rings (SSSR count). The molecular formula is C21H24FN3O4S. The minimum atomic E-state index is -3.71. The number of methoxy groups -OCH3 is 1. The maximum atomic E-state index is 13.7. The third kappa shape index (κ3) is 3.57. The van der Waals surface area contributed by atoms with Gasteiger partial charge >= 0.3 is 0 Å². The molecule has 0 aromatic heterocycles. The maximum Gasteiger partial charge on any atom is 0.243 e. The van der Waals surface area contributed by atoms with Crippen LogP contribution >= 0.6 is 0 Å². The third-order valence-corrected chi connectivity index (χ3v) is 7.87. The molecule has 2 aromatic carbocycles. The molecule has 2 aliphatic heterocycles. The van der Waals surface area contributed by atoms with Gasteiger partial charge in [-0.3, -0.25) is 9.69 Å². The minimum Gasteiger partial charge on any atom is -0.497 e. The zero-order chi connectivity index (χ0) is 21.5. The highest BCUT2D eigenvalue weighted by molar-refractivity contribution is 7.89. The van der Waals surface area contributed by atoms with Gasteiger partial charge in [-0.2, -0.15) is 4.31 Å². The van der Waals surface area contributed by atoms with Crippen molar-refractivity contribution in [1.82, 2.24) is 9.21 Å². The molecule has 1 amide bonds. The molecule has 0 N–H and O–H groups in total. The van der Waals surface area contributed by atoms with E-state index in [1.54, 1.807) is 35.2 Å². The molecule has 2 fully saturated rings. The lowest BCUT2D eigenvalue weighted by molar-refractivity contribution is -0.123. The normalized spacial score (nSPS) is 23.3. The van der Waals surface area contributed by atoms with Gasteiger partial charge in [0.05, 0.1) is 24.1 Å². The number of amides is 1. The number of hydrogen-bond acceptors (Lipinski definition) is 5. The van der Waals surface area contributed by atoms with Crippen LogP contribution < -0.4 is 9.64 Å². The highest BCUT2D eigenvalue weighted by Gasteiger charge is 2.50. The fraction of sp³-hybridized carbons (Fsp3) is 0.381. The zero-order valence-electron chi connectivity index (χ0n) is 16.9. The van der Waals surface area contributed by atoms with E-state index >= 15 is 0 Å². The first-order chi connectivity index (χ1) is 14.2. The van der Waals surface area contributed by atoms with Crippen molar-refractivity contribution in [1.29, 1.82) is 0 Å². The summed E-state index contributed by atoms with van der Waals surface area (Å²) in [7, 11) is -0.382. The number of ether oxygens (including phenoxy) is 1. The second-order valence-corrected chi connectivity index (χ2v) is 9.75. The van der Waals surface area contributed by atoms with E-state index in [1.807, 2.05) is 11.9 Å². The molecule has 0 bridgehead atoms. The van der Waals surface area contributed by atoms with Gasteiger partial charge in [-0.05, 0) is 43.8 Å². The molecule has 2 saturated heterocycles. The van der Waals surface area contributed by atoms with Crippen molar-refractivity contribution in [3.63, 3.8) is 0 Å². The highest BCUT2D eigenvalue weighted by atomic mass is 32.2. The summed E-state index contributed by atoms with van der Waals surface area (Å²) < 4.78 is 46.8. The van der Waals surface area contributed by atoms with Crippen LogP contribution in [0.1, 0.15) is 6.42 Å². The number of carbonyl (C=O) groups excluding carboxylic acids is 1. The van der Waals surface area contributed by atoms with Crippen molar-refractivity contribution in [2.75, 3.05) is 45.2 Å². The van der Waals surface area contributed by atoms with Crippen molar-refractivity contribution in [2.24, 2.45) is 0 Å². The van der Waals surface area contributed by atoms with Crippen LogP contribution in [0.15, 0.2) is 53.4 Å². The Morgan fingerprint density at radius 2 is 1.87 bits per heavy atom. The Kier molecular flexibility index (Phi) is 5.29. The number of anilines is 1. The Hall–Kier alpha value is -2.49. The molecule has 30 heavy (non-hydrogen) atoms. The fourth-order valence-electron chi connectivity index (χ4n) is 4.21. The van der Waals surface area contributed by atoms with Crippen LogP contribution in [0.3, 0.4) is 0 Å². The molecule has 1 atom stereocenters. The molecule has 2 heterocycles. The van der Waals surface area contributed by atoms with Crippen LogP contribution in [-0.4, -0.2) is 69.4 Å². The molecule has 1 spiro atoms. The number of benzene rings is 2. The van der Waals surface area contributed by atoms with E-state index in [0.29, 0.717) is 30.9 Å². The fourth-order valence-corrected chi connectivity index (χ4v) is 5.77. The summed E-state index contributed by atoms with van der Waals surface area (Å²) >= 11 is 0. The SMILES string of the molecule is COc1cccc(S(=O)(=O)N2CC[C@@]3(CN(c4cccc(F)c4)C(=O)CN3C)C2)c1. The monoisotopic (exact) mass is 433 g/mol. The van der Waals surface area contributed by atoms with E-state index in [4.69, 9.17) is 4.74 Å². The third-order valence-electron chi connectivity index (χ3n) is 6.03. The summed E-state index contributed by atoms with van der Waals surface area (Å²) in [6.07, 6.45) is 0.575. The molecule has 2 aliphatic rings. The van der Waals surface area contributed by atoms with Crippen LogP contribution in [0.4, 0.5) is 10.1 Å². The van der Waals surface area contributed by atoms with Crippen molar-refractivity contribution in [3.8, 4) is 5.75 Å². The molecule has 0 radical (unpaired) electrons. The van der Waals surface area contributed by atoms with E-state index in [0.717, 1.165) is 0 Å². The smallest absolute Gasteiger partial charge is 0.243 e. The van der Waals surface area contributed by atoms with Gasteiger partial charge in [0.1, 0.15) is 11.6 Å². The van der Waals surface area contributed by atoms with E-state index in [-0.39, 0.29) is 23.9 Å². The molecule has 0 unspecified atom stereocenters. The maximum absolute atomic E-state index is 13.7. The molecular weight excluding hydrogens is 409 g/mol. The van der Waals surface area contributed by atoms with Crippen molar-refractivity contribution in [2.45, 2.75) is 16.9 Å². The van der Waals surface area contributed by atoms with E-state index < -0.39 is 21.4 Å². The Morgan fingerprint density at radius 1 is 1.10 bits per heavy atom. The Labute approximate surface area is 175 Å². The molecule has 160 valence electrons. The van der Waals surface area contributed by atoms with Gasteiger partial charge in [0, 0.05) is 31.4 Å². The molecule has 9 heteroatoms. The van der Waals surface area contributed by atoms with Gasteiger partial charge in [-0.25, -0.2) is 12.8 Å². The minimum absolute atomic E-state index is 0.136. The summed E-state index contributed by atoms with van der Waals surface area (Å²) in [5.41, 5.74) is -0.0480. The number of sulfonamides is 1. The lowest BCUT2D eigenvalue weighted by Gasteiger charge is -2.46. The van der Waals surface area contributed by atoms with Crippen LogP contribution in [0.25, 0.3) is 0 Å². The largest absolute Gasteiger partial charge is 0.497 e. The zero-order valence-corrected chi connectivity index (χ0v) is 17.7. The number of likely N-dealkylation sites (N-methyl/N-ethyl adjacent to an activating group) is 1. The molecule has 2 aromatic rings. The number of hydrogen-bond donors (Lipinski definition) is 0. The van der Waals surface area contributed by atoms with Crippen molar-refractivity contribution < 1.29 is 22.3 Å². The summed E-state index contributed by atoms with van der Waals surface area (Å²) in [4.78, 5) is 16.3. The topological polar surface area (TPSA) is 70.2 Å². The summed E-state index contributed by atoms with van der Waals surface area (Å²) in [6.45, 7) is 1.04. The number of rotatable bonds is 4. The summed E-state index contributed by atoms with van der Waals surface area (Å²) in [6, 6.07) is 12.3. The summed E-state index contributed by atoms with van der Waals surface area (Å²) in [5.74, 6) is -0.0765. The lowest BCUT2D eigenvalue weighted by atomic mass is 9.92. The van der Waals surface area contributed by atoms with Gasteiger partial charge in [0.2, 0.25) is 15.9 Å². The van der Waals surface area contributed by atoms with E-state index in [1.165, 1.54) is 29.6 Å². The Bertz CT molecular complexity index is 1080. The van der Waals surface area contributed by atoms with E-state index in [2.05, 4.69) is 0 Å². The first-order valence-electron chi connectivity index (χ1n) is 9.67. The summed E-state index contributed by atoms with van der Waals surface area (Å²) in [5, 5.41) is 0. The second-order valence-electron chi connectivity index (χ2n) is 7.81. The first kappa shape index (κ1) is 20.8. The predicted octanol–water partition coefficient (Wildman–Crippen LogP) is 1.95. The van der Waals surface area contributed by atoms with Crippen LogP contribution in [0, 0.1) is 5.82 Å². The van der Waals surface area contributed by atoms with Gasteiger partial charge < -0.3 is 9.64 Å². The average Bonchev–Trinajstić information content (AvgIpc) is 3.17. The Balaban J connectivity index is 1.61. The van der Waals surface area contributed by atoms with Crippen LogP contribution in [-0.2, 0) is 14.8 Å². The standard InChI is InChI=1S/C21H24FN3O4S/c1-23-13-20(26)25(17-6-3-5-16(22)11-17)15-21(23)9-10-24(14-21)30(27,28)19-8-4-7-18(12-19)29-2/h3-8,11-12H,9-10,13-15H2,1-2H3/t21-/m0/s1. The van der Waals surface area contributed by atoms with Gasteiger partial charge in [-0.1, -0.05) is 12.1 Å². The number of nitrogens with zero attached hydrogens (tertiary/aromatic N) is 3. The number of carbonyl (C=O) groups is 1. The highest BCUT2D eigenvalue weighted by Crippen LogP contribution is 2.36. The Morgan fingerprint density at radius 3 is 2.60 bits per heavy atom. The molecule has 0 aliphatic carbocycles. The molecule has 7 nitrogen and oxygen atoms in total. The van der Waals surface area contributed by atoms with Gasteiger partial charge in [0.25, 0.3) is 0 Å². The second kappa shape index (κ2) is 7.64. The van der Waals surface area contributed by atoms with Crippen molar-refractivity contribution in [3.05, 3.63) is 54.3 Å². The van der Waals surface area contributed by atoms with Gasteiger partial charge in [0.15, 0.2) is 0 Å². The first-order valence-corrected chi connectivity index (χ1v) is 11.1. The van der Waals surface area contributed by atoms with Crippen LogP contribution in [0.5, 0.6) is 5.75 Å². The number of piperazine rings is 1. The van der Waals surface area contributed by atoms with Gasteiger partial charge in [-0.15, -0.1) is 0 Å². The molecule has 0 saturated carbocycles. The lowest BCUT2D eigenvalue weighted by Crippen LogP contribution is -2.64. The van der Waals surface area contributed by atoms with Crippen molar-refractivity contribution >= 4 is 21.6 Å².